The first-order valence-electron chi connectivity index (χ1n) is 6.02. The Morgan fingerprint density at radius 3 is 2.90 bits per heavy atom. The minimum atomic E-state index is 0.245. The van der Waals surface area contributed by atoms with Crippen LogP contribution in [-0.2, 0) is 0 Å². The predicted molar refractivity (Wildman–Crippen MR) is 75.8 cm³/mol. The number of rotatable bonds is 2. The standard InChI is InChI=1S/C14H10N2O3S/c15-14-12(11-2-1-5-20-11)13(19-16-14)8-3-4-9-10(6-8)18-7-17-9/h1-6H,7H2,(H2,15,16). The molecule has 0 saturated carbocycles. The summed E-state index contributed by atoms with van der Waals surface area (Å²) >= 11 is 1.59. The van der Waals surface area contributed by atoms with Gasteiger partial charge in [-0.1, -0.05) is 11.2 Å². The summed E-state index contributed by atoms with van der Waals surface area (Å²) in [6.07, 6.45) is 0. The van der Waals surface area contributed by atoms with Crippen molar-refractivity contribution < 1.29 is 14.0 Å². The number of hydrogen-bond donors (Lipinski definition) is 1. The van der Waals surface area contributed by atoms with Crippen LogP contribution in [0.15, 0.2) is 40.2 Å². The molecule has 1 aliphatic rings. The smallest absolute Gasteiger partial charge is 0.231 e. The Bertz CT molecular complexity index is 765. The van der Waals surface area contributed by atoms with Crippen molar-refractivity contribution in [3.63, 3.8) is 0 Å². The number of nitrogen functional groups attached to an aromatic ring is 1. The first-order valence-corrected chi connectivity index (χ1v) is 6.90. The molecule has 0 saturated heterocycles. The monoisotopic (exact) mass is 286 g/mol. The maximum atomic E-state index is 5.93. The van der Waals surface area contributed by atoms with Gasteiger partial charge in [0.15, 0.2) is 23.1 Å². The largest absolute Gasteiger partial charge is 0.454 e. The van der Waals surface area contributed by atoms with Gasteiger partial charge in [-0.25, -0.2) is 0 Å². The molecule has 0 atom stereocenters. The SMILES string of the molecule is Nc1noc(-c2ccc3c(c2)OCO3)c1-c1cccs1. The molecule has 0 bridgehead atoms. The lowest BCUT2D eigenvalue weighted by atomic mass is 10.1. The van der Waals surface area contributed by atoms with Crippen LogP contribution in [0.3, 0.4) is 0 Å². The Labute approximate surface area is 118 Å². The van der Waals surface area contributed by atoms with E-state index in [1.54, 1.807) is 11.3 Å². The molecule has 0 spiro atoms. The molecule has 20 heavy (non-hydrogen) atoms. The van der Waals surface area contributed by atoms with E-state index in [4.69, 9.17) is 19.7 Å². The molecule has 0 fully saturated rings. The molecule has 2 N–H and O–H groups in total. The molecule has 1 aromatic carbocycles. The van der Waals surface area contributed by atoms with E-state index in [1.807, 2.05) is 35.7 Å². The van der Waals surface area contributed by atoms with Crippen LogP contribution in [0.1, 0.15) is 0 Å². The Balaban J connectivity index is 1.87. The van der Waals surface area contributed by atoms with Gasteiger partial charge < -0.3 is 19.7 Å². The summed E-state index contributed by atoms with van der Waals surface area (Å²) < 4.78 is 16.1. The molecular weight excluding hydrogens is 276 g/mol. The van der Waals surface area contributed by atoms with E-state index in [2.05, 4.69) is 5.16 Å². The third kappa shape index (κ3) is 1.65. The average Bonchev–Trinajstić information content (AvgIpc) is 3.17. The first kappa shape index (κ1) is 11.4. The fraction of sp³-hybridized carbons (Fsp3) is 0.0714. The van der Waals surface area contributed by atoms with E-state index in [-0.39, 0.29) is 6.79 Å². The van der Waals surface area contributed by atoms with E-state index in [1.165, 1.54) is 0 Å². The van der Waals surface area contributed by atoms with Crippen LogP contribution in [0.4, 0.5) is 5.82 Å². The van der Waals surface area contributed by atoms with Crippen LogP contribution >= 0.6 is 11.3 Å². The van der Waals surface area contributed by atoms with Crippen LogP contribution in [0.25, 0.3) is 21.8 Å². The van der Waals surface area contributed by atoms with Crippen molar-refractivity contribution in [3.05, 3.63) is 35.7 Å². The van der Waals surface area contributed by atoms with Crippen LogP contribution in [0.5, 0.6) is 11.5 Å². The second-order valence-electron chi connectivity index (χ2n) is 4.32. The molecule has 5 nitrogen and oxygen atoms in total. The summed E-state index contributed by atoms with van der Waals surface area (Å²) in [5, 5.41) is 5.87. The second kappa shape index (κ2) is 4.28. The number of nitrogens with two attached hydrogens (primary N) is 1. The molecular formula is C14H10N2O3S. The van der Waals surface area contributed by atoms with E-state index < -0.39 is 0 Å². The molecule has 100 valence electrons. The van der Waals surface area contributed by atoms with Crippen molar-refractivity contribution in [2.75, 3.05) is 12.5 Å². The normalized spacial score (nSPS) is 12.8. The summed E-state index contributed by atoms with van der Waals surface area (Å²) in [4.78, 5) is 1.02. The van der Waals surface area contributed by atoms with E-state index >= 15 is 0 Å². The van der Waals surface area contributed by atoms with Gasteiger partial charge in [-0.05, 0) is 29.6 Å². The Morgan fingerprint density at radius 1 is 1.15 bits per heavy atom. The van der Waals surface area contributed by atoms with Crippen LogP contribution < -0.4 is 15.2 Å². The molecule has 0 amide bonds. The van der Waals surface area contributed by atoms with Crippen molar-refractivity contribution >= 4 is 17.2 Å². The topological polar surface area (TPSA) is 70.5 Å². The van der Waals surface area contributed by atoms with Gasteiger partial charge in [0, 0.05) is 10.4 Å². The first-order chi connectivity index (χ1) is 9.83. The Morgan fingerprint density at radius 2 is 2.05 bits per heavy atom. The minimum Gasteiger partial charge on any atom is -0.454 e. The molecule has 2 aromatic heterocycles. The Kier molecular flexibility index (Phi) is 2.43. The fourth-order valence-corrected chi connectivity index (χ4v) is 2.97. The lowest BCUT2D eigenvalue weighted by Gasteiger charge is -2.02. The van der Waals surface area contributed by atoms with Gasteiger partial charge in [0.25, 0.3) is 0 Å². The highest BCUT2D eigenvalue weighted by atomic mass is 32.1. The van der Waals surface area contributed by atoms with Gasteiger partial charge in [-0.3, -0.25) is 0 Å². The number of nitrogens with zero attached hydrogens (tertiary/aromatic N) is 1. The molecule has 0 radical (unpaired) electrons. The number of fused-ring (bicyclic) bond motifs is 1. The minimum absolute atomic E-state index is 0.245. The van der Waals surface area contributed by atoms with Gasteiger partial charge in [-0.15, -0.1) is 11.3 Å². The van der Waals surface area contributed by atoms with Crippen molar-refractivity contribution in [2.24, 2.45) is 0 Å². The summed E-state index contributed by atoms with van der Waals surface area (Å²) in [6.45, 7) is 0.245. The number of thiophene rings is 1. The lowest BCUT2D eigenvalue weighted by molar-refractivity contribution is 0.174. The summed E-state index contributed by atoms with van der Waals surface area (Å²) in [6, 6.07) is 9.60. The highest BCUT2D eigenvalue weighted by Crippen LogP contribution is 2.42. The number of ether oxygens (including phenoxy) is 2. The molecule has 3 heterocycles. The highest BCUT2D eigenvalue weighted by Gasteiger charge is 2.21. The van der Waals surface area contributed by atoms with Crippen LogP contribution in [0.2, 0.25) is 0 Å². The molecule has 6 heteroatoms. The molecule has 1 aliphatic heterocycles. The van der Waals surface area contributed by atoms with Crippen molar-refractivity contribution in [1.29, 1.82) is 0 Å². The predicted octanol–water partition coefficient (Wildman–Crippen LogP) is 3.38. The maximum Gasteiger partial charge on any atom is 0.231 e. The van der Waals surface area contributed by atoms with Gasteiger partial charge in [0.1, 0.15) is 0 Å². The van der Waals surface area contributed by atoms with Gasteiger partial charge >= 0.3 is 0 Å². The highest BCUT2D eigenvalue weighted by molar-refractivity contribution is 7.13. The fourth-order valence-electron chi connectivity index (χ4n) is 2.20. The Hall–Kier alpha value is -2.47. The van der Waals surface area contributed by atoms with Gasteiger partial charge in [0.05, 0.1) is 5.56 Å². The zero-order chi connectivity index (χ0) is 13.5. The maximum absolute atomic E-state index is 5.93. The third-order valence-electron chi connectivity index (χ3n) is 3.12. The van der Waals surface area contributed by atoms with Crippen molar-refractivity contribution in [2.45, 2.75) is 0 Å². The number of aromatic nitrogens is 1. The summed E-state index contributed by atoms with van der Waals surface area (Å²) in [5.74, 6) is 2.47. The van der Waals surface area contributed by atoms with E-state index in [0.717, 1.165) is 21.8 Å². The second-order valence-corrected chi connectivity index (χ2v) is 5.26. The summed E-state index contributed by atoms with van der Waals surface area (Å²) in [5.41, 5.74) is 7.61. The lowest BCUT2D eigenvalue weighted by Crippen LogP contribution is -1.92. The number of anilines is 1. The van der Waals surface area contributed by atoms with Crippen molar-refractivity contribution in [1.82, 2.24) is 5.16 Å². The van der Waals surface area contributed by atoms with Crippen molar-refractivity contribution in [3.8, 4) is 33.3 Å². The van der Waals surface area contributed by atoms with Crippen LogP contribution in [-0.4, -0.2) is 11.9 Å². The van der Waals surface area contributed by atoms with E-state index in [0.29, 0.717) is 17.3 Å². The molecule has 0 unspecified atom stereocenters. The van der Waals surface area contributed by atoms with Gasteiger partial charge in [0.2, 0.25) is 6.79 Å². The summed E-state index contributed by atoms with van der Waals surface area (Å²) in [7, 11) is 0. The third-order valence-corrected chi connectivity index (χ3v) is 4.01. The average molecular weight is 286 g/mol. The molecule has 3 aromatic rings. The zero-order valence-corrected chi connectivity index (χ0v) is 11.1. The molecule has 0 aliphatic carbocycles. The number of hydrogen-bond acceptors (Lipinski definition) is 6. The molecule has 4 rings (SSSR count). The quantitative estimate of drug-likeness (QED) is 0.782. The zero-order valence-electron chi connectivity index (χ0n) is 10.3. The number of benzene rings is 1. The van der Waals surface area contributed by atoms with Crippen LogP contribution in [0, 0.1) is 0 Å². The van der Waals surface area contributed by atoms with E-state index in [9.17, 15) is 0 Å². The van der Waals surface area contributed by atoms with Gasteiger partial charge in [-0.2, -0.15) is 0 Å².